The third kappa shape index (κ3) is 4.33. The first-order valence-corrected chi connectivity index (χ1v) is 7.82. The number of nitrogens with one attached hydrogen (secondary N) is 2. The molecule has 0 amide bonds. The van der Waals surface area contributed by atoms with Crippen LogP contribution >= 0.6 is 24.0 Å². The van der Waals surface area contributed by atoms with Crippen molar-refractivity contribution in [3.05, 3.63) is 28.8 Å². The van der Waals surface area contributed by atoms with E-state index in [2.05, 4.69) is 10.0 Å². The molecule has 1 unspecified atom stereocenters. The van der Waals surface area contributed by atoms with Crippen LogP contribution in [0.3, 0.4) is 0 Å². The standard InChI is InChI=1S/C12H17ClN2O2S.ClH/c1-9-2-3-12(11(13)6-9)18(16,17)15-8-10-4-5-14-7-10;/h2-3,6,10,14-15H,4-5,7-8H2,1H3;1H. The van der Waals surface area contributed by atoms with Gasteiger partial charge in [0.2, 0.25) is 10.0 Å². The second-order valence-electron chi connectivity index (χ2n) is 4.64. The van der Waals surface area contributed by atoms with Crippen molar-refractivity contribution < 1.29 is 8.42 Å². The molecule has 1 aromatic rings. The highest BCUT2D eigenvalue weighted by molar-refractivity contribution is 7.89. The molecule has 2 N–H and O–H groups in total. The molecule has 0 saturated carbocycles. The van der Waals surface area contributed by atoms with Gasteiger partial charge in [0.15, 0.2) is 0 Å². The van der Waals surface area contributed by atoms with Crippen LogP contribution in [0.4, 0.5) is 0 Å². The van der Waals surface area contributed by atoms with Crippen LogP contribution in [-0.4, -0.2) is 28.1 Å². The van der Waals surface area contributed by atoms with E-state index in [4.69, 9.17) is 11.6 Å². The normalized spacial score (nSPS) is 19.2. The van der Waals surface area contributed by atoms with Gasteiger partial charge >= 0.3 is 0 Å². The molecule has 1 aromatic carbocycles. The van der Waals surface area contributed by atoms with E-state index in [9.17, 15) is 8.42 Å². The summed E-state index contributed by atoms with van der Waals surface area (Å²) in [7, 11) is -3.50. The molecule has 1 aliphatic rings. The van der Waals surface area contributed by atoms with Crippen molar-refractivity contribution in [1.82, 2.24) is 10.0 Å². The Morgan fingerprint density at radius 1 is 1.47 bits per heavy atom. The molecule has 0 aromatic heterocycles. The van der Waals surface area contributed by atoms with Crippen molar-refractivity contribution in [3.63, 3.8) is 0 Å². The number of hydrogen-bond acceptors (Lipinski definition) is 3. The Labute approximate surface area is 125 Å². The number of rotatable bonds is 4. The van der Waals surface area contributed by atoms with Crippen LogP contribution < -0.4 is 10.0 Å². The van der Waals surface area contributed by atoms with Gasteiger partial charge in [-0.2, -0.15) is 0 Å². The van der Waals surface area contributed by atoms with Crippen LogP contribution in [0.2, 0.25) is 5.02 Å². The second kappa shape index (κ2) is 6.90. The maximum atomic E-state index is 12.1. The molecule has 2 rings (SSSR count). The highest BCUT2D eigenvalue weighted by atomic mass is 35.5. The summed E-state index contributed by atoms with van der Waals surface area (Å²) in [6, 6.07) is 4.96. The van der Waals surface area contributed by atoms with E-state index in [1.54, 1.807) is 18.2 Å². The Bertz CT molecular complexity index is 529. The molecule has 19 heavy (non-hydrogen) atoms. The maximum absolute atomic E-state index is 12.1. The molecule has 0 bridgehead atoms. The SMILES string of the molecule is Cc1ccc(S(=O)(=O)NCC2CCNC2)c(Cl)c1.Cl. The zero-order valence-corrected chi connectivity index (χ0v) is 13.0. The lowest BCUT2D eigenvalue weighted by atomic mass is 10.1. The monoisotopic (exact) mass is 324 g/mol. The lowest BCUT2D eigenvalue weighted by molar-refractivity contribution is 0.539. The van der Waals surface area contributed by atoms with Crippen molar-refractivity contribution in [2.24, 2.45) is 5.92 Å². The molecule has 7 heteroatoms. The first kappa shape index (κ1) is 16.7. The van der Waals surface area contributed by atoms with Gasteiger partial charge in [0, 0.05) is 6.54 Å². The first-order valence-electron chi connectivity index (χ1n) is 5.95. The van der Waals surface area contributed by atoms with Crippen molar-refractivity contribution in [2.45, 2.75) is 18.2 Å². The van der Waals surface area contributed by atoms with E-state index in [0.29, 0.717) is 12.5 Å². The van der Waals surface area contributed by atoms with Gasteiger partial charge in [0.1, 0.15) is 4.90 Å². The Balaban J connectivity index is 0.00000180. The first-order chi connectivity index (χ1) is 8.49. The summed E-state index contributed by atoms with van der Waals surface area (Å²) in [5, 5.41) is 3.48. The minimum absolute atomic E-state index is 0. The van der Waals surface area contributed by atoms with Gasteiger partial charge < -0.3 is 5.32 Å². The van der Waals surface area contributed by atoms with Gasteiger partial charge in [-0.05, 0) is 50.0 Å². The molecule has 1 atom stereocenters. The summed E-state index contributed by atoms with van der Waals surface area (Å²) in [5.74, 6) is 0.365. The third-order valence-corrected chi connectivity index (χ3v) is 5.01. The number of sulfonamides is 1. The largest absolute Gasteiger partial charge is 0.316 e. The maximum Gasteiger partial charge on any atom is 0.242 e. The highest BCUT2D eigenvalue weighted by Crippen LogP contribution is 2.22. The van der Waals surface area contributed by atoms with Gasteiger partial charge in [-0.15, -0.1) is 12.4 Å². The zero-order chi connectivity index (χ0) is 13.2. The molecular weight excluding hydrogens is 307 g/mol. The van der Waals surface area contributed by atoms with Crippen LogP contribution in [0.25, 0.3) is 0 Å². The van der Waals surface area contributed by atoms with Gasteiger partial charge in [-0.25, -0.2) is 13.1 Å². The molecule has 0 radical (unpaired) electrons. The van der Waals surface area contributed by atoms with E-state index in [1.807, 2.05) is 6.92 Å². The second-order valence-corrected chi connectivity index (χ2v) is 6.79. The van der Waals surface area contributed by atoms with Gasteiger partial charge in [-0.1, -0.05) is 17.7 Å². The topological polar surface area (TPSA) is 58.2 Å². The van der Waals surface area contributed by atoms with Crippen molar-refractivity contribution >= 4 is 34.0 Å². The van der Waals surface area contributed by atoms with Gasteiger partial charge in [0.05, 0.1) is 5.02 Å². The molecule has 1 saturated heterocycles. The average Bonchev–Trinajstić information content (AvgIpc) is 2.78. The molecule has 1 heterocycles. The van der Waals surface area contributed by atoms with Crippen LogP contribution in [0, 0.1) is 12.8 Å². The molecule has 0 spiro atoms. The number of hydrogen-bond donors (Lipinski definition) is 2. The Hall–Kier alpha value is -0.330. The van der Waals surface area contributed by atoms with Gasteiger partial charge in [0.25, 0.3) is 0 Å². The fourth-order valence-electron chi connectivity index (χ4n) is 2.02. The van der Waals surface area contributed by atoms with Crippen LogP contribution in [-0.2, 0) is 10.0 Å². The quantitative estimate of drug-likeness (QED) is 0.890. The molecule has 1 fully saturated rings. The van der Waals surface area contributed by atoms with E-state index >= 15 is 0 Å². The number of benzene rings is 1. The van der Waals surface area contributed by atoms with Crippen molar-refractivity contribution in [2.75, 3.05) is 19.6 Å². The van der Waals surface area contributed by atoms with Crippen molar-refractivity contribution in [3.8, 4) is 0 Å². The minimum Gasteiger partial charge on any atom is -0.316 e. The average molecular weight is 325 g/mol. The Morgan fingerprint density at radius 2 is 2.21 bits per heavy atom. The lowest BCUT2D eigenvalue weighted by Gasteiger charge is -2.12. The van der Waals surface area contributed by atoms with Crippen LogP contribution in [0.1, 0.15) is 12.0 Å². The number of halogens is 2. The summed E-state index contributed by atoms with van der Waals surface area (Å²) in [4.78, 5) is 0.153. The van der Waals surface area contributed by atoms with Crippen LogP contribution in [0.5, 0.6) is 0 Å². The van der Waals surface area contributed by atoms with E-state index < -0.39 is 10.0 Å². The summed E-state index contributed by atoms with van der Waals surface area (Å²) in [6.45, 7) is 4.15. The predicted molar refractivity (Wildman–Crippen MR) is 79.6 cm³/mol. The fraction of sp³-hybridized carbons (Fsp3) is 0.500. The zero-order valence-electron chi connectivity index (χ0n) is 10.6. The smallest absolute Gasteiger partial charge is 0.242 e. The fourth-order valence-corrected chi connectivity index (χ4v) is 3.73. The molecule has 4 nitrogen and oxygen atoms in total. The summed E-state index contributed by atoms with van der Waals surface area (Å²) < 4.78 is 26.8. The summed E-state index contributed by atoms with van der Waals surface area (Å²) in [6.07, 6.45) is 1.00. The third-order valence-electron chi connectivity index (χ3n) is 3.10. The lowest BCUT2D eigenvalue weighted by Crippen LogP contribution is -2.30. The Morgan fingerprint density at radius 3 is 2.79 bits per heavy atom. The molecular formula is C12H18Cl2N2O2S. The molecule has 1 aliphatic heterocycles. The summed E-state index contributed by atoms with van der Waals surface area (Å²) in [5.41, 5.74) is 0.943. The predicted octanol–water partition coefficient (Wildman–Crippen LogP) is 1.96. The molecule has 0 aliphatic carbocycles. The molecule has 108 valence electrons. The van der Waals surface area contributed by atoms with E-state index in [-0.39, 0.29) is 22.3 Å². The van der Waals surface area contributed by atoms with Gasteiger partial charge in [-0.3, -0.25) is 0 Å². The van der Waals surface area contributed by atoms with E-state index in [1.165, 1.54) is 0 Å². The van der Waals surface area contributed by atoms with Crippen molar-refractivity contribution in [1.29, 1.82) is 0 Å². The van der Waals surface area contributed by atoms with E-state index in [0.717, 1.165) is 25.1 Å². The van der Waals surface area contributed by atoms with Crippen LogP contribution in [0.15, 0.2) is 23.1 Å². The minimum atomic E-state index is -3.50. The Kier molecular flexibility index (Phi) is 6.08. The number of aryl methyl sites for hydroxylation is 1. The summed E-state index contributed by atoms with van der Waals surface area (Å²) >= 11 is 5.98. The highest BCUT2D eigenvalue weighted by Gasteiger charge is 2.21.